The maximum absolute atomic E-state index is 11.5. The van der Waals surface area contributed by atoms with E-state index in [1.165, 1.54) is 12.8 Å². The number of rotatable bonds is 7. The van der Waals surface area contributed by atoms with E-state index < -0.39 is 5.97 Å². The summed E-state index contributed by atoms with van der Waals surface area (Å²) in [6.45, 7) is 3.45. The molecule has 0 radical (unpaired) electrons. The van der Waals surface area contributed by atoms with Gasteiger partial charge in [0, 0.05) is 24.2 Å². The lowest BCUT2D eigenvalue weighted by atomic mass is 10.1. The Bertz CT molecular complexity index is 488. The van der Waals surface area contributed by atoms with Crippen molar-refractivity contribution in [1.82, 2.24) is 0 Å². The van der Waals surface area contributed by atoms with Crippen molar-refractivity contribution in [2.45, 2.75) is 25.8 Å². The molecule has 2 rings (SSSR count). The van der Waals surface area contributed by atoms with Crippen LogP contribution < -0.4 is 4.90 Å². The normalized spacial score (nSPS) is 15.9. The molecular weight excluding hydrogens is 322 g/mol. The van der Waals surface area contributed by atoms with E-state index in [9.17, 15) is 9.90 Å². The summed E-state index contributed by atoms with van der Waals surface area (Å²) in [7, 11) is 1.67. The molecule has 1 atom stereocenters. The van der Waals surface area contributed by atoms with Gasteiger partial charge in [0.1, 0.15) is 0 Å². The van der Waals surface area contributed by atoms with E-state index in [-0.39, 0.29) is 0 Å². The SMILES string of the molecule is COCCN(c1cccc(Br)c1C(=O)O)C(C)C1CC1. The zero-order valence-corrected chi connectivity index (χ0v) is 13.4. The number of ether oxygens (including phenoxy) is 1. The van der Waals surface area contributed by atoms with Gasteiger partial charge >= 0.3 is 5.97 Å². The smallest absolute Gasteiger partial charge is 0.338 e. The minimum Gasteiger partial charge on any atom is -0.478 e. The first-order valence-electron chi connectivity index (χ1n) is 6.83. The first-order valence-corrected chi connectivity index (χ1v) is 7.63. The third-order valence-corrected chi connectivity index (χ3v) is 4.51. The Hall–Kier alpha value is -1.07. The van der Waals surface area contributed by atoms with Crippen molar-refractivity contribution in [2.75, 3.05) is 25.2 Å². The Kier molecular flexibility index (Phi) is 5.05. The fourth-order valence-corrected chi connectivity index (χ4v) is 3.06. The van der Waals surface area contributed by atoms with E-state index in [1.54, 1.807) is 13.2 Å². The Morgan fingerprint density at radius 2 is 2.25 bits per heavy atom. The molecular formula is C15H20BrNO3. The Morgan fingerprint density at radius 1 is 1.55 bits per heavy atom. The van der Waals surface area contributed by atoms with Gasteiger partial charge < -0.3 is 14.7 Å². The lowest BCUT2D eigenvalue weighted by molar-refractivity contribution is 0.0696. The first kappa shape index (κ1) is 15.3. The van der Waals surface area contributed by atoms with Gasteiger partial charge in [-0.15, -0.1) is 0 Å². The molecule has 0 aliphatic heterocycles. The number of halogens is 1. The zero-order valence-electron chi connectivity index (χ0n) is 11.8. The predicted octanol–water partition coefficient (Wildman–Crippen LogP) is 3.40. The molecule has 5 heteroatoms. The van der Waals surface area contributed by atoms with E-state index in [4.69, 9.17) is 4.74 Å². The van der Waals surface area contributed by atoms with Crippen LogP contribution >= 0.6 is 15.9 Å². The molecule has 1 aromatic carbocycles. The van der Waals surface area contributed by atoms with Crippen LogP contribution in [0.1, 0.15) is 30.1 Å². The lowest BCUT2D eigenvalue weighted by Crippen LogP contribution is -2.38. The summed E-state index contributed by atoms with van der Waals surface area (Å²) in [5.41, 5.74) is 1.10. The highest BCUT2D eigenvalue weighted by Crippen LogP contribution is 2.38. The van der Waals surface area contributed by atoms with Crippen LogP contribution in [0.25, 0.3) is 0 Å². The van der Waals surface area contributed by atoms with E-state index in [0.717, 1.165) is 5.69 Å². The van der Waals surface area contributed by atoms with Gasteiger partial charge in [-0.3, -0.25) is 0 Å². The highest BCUT2D eigenvalue weighted by molar-refractivity contribution is 9.10. The van der Waals surface area contributed by atoms with Gasteiger partial charge in [0.25, 0.3) is 0 Å². The second kappa shape index (κ2) is 6.59. The number of methoxy groups -OCH3 is 1. The van der Waals surface area contributed by atoms with Crippen LogP contribution in [0.5, 0.6) is 0 Å². The van der Waals surface area contributed by atoms with Crippen molar-refractivity contribution >= 4 is 27.6 Å². The van der Waals surface area contributed by atoms with E-state index in [2.05, 4.69) is 27.8 Å². The van der Waals surface area contributed by atoms with Crippen molar-refractivity contribution in [3.63, 3.8) is 0 Å². The summed E-state index contributed by atoms with van der Waals surface area (Å²) >= 11 is 3.35. The molecule has 20 heavy (non-hydrogen) atoms. The summed E-state index contributed by atoms with van der Waals surface area (Å²) in [4.78, 5) is 13.7. The van der Waals surface area contributed by atoms with Gasteiger partial charge in [-0.25, -0.2) is 4.79 Å². The summed E-state index contributed by atoms with van der Waals surface area (Å²) in [5, 5.41) is 9.47. The zero-order chi connectivity index (χ0) is 14.7. The van der Waals surface area contributed by atoms with Crippen molar-refractivity contribution in [2.24, 2.45) is 5.92 Å². The minimum atomic E-state index is -0.905. The van der Waals surface area contributed by atoms with Crippen LogP contribution in [0.2, 0.25) is 0 Å². The maximum atomic E-state index is 11.5. The molecule has 4 nitrogen and oxygen atoms in total. The van der Waals surface area contributed by atoms with Crippen molar-refractivity contribution < 1.29 is 14.6 Å². The lowest BCUT2D eigenvalue weighted by Gasteiger charge is -2.32. The number of hydrogen-bond donors (Lipinski definition) is 1. The molecule has 0 saturated heterocycles. The molecule has 1 unspecified atom stereocenters. The topological polar surface area (TPSA) is 49.8 Å². The number of carbonyl (C=O) groups is 1. The molecule has 1 fully saturated rings. The Labute approximate surface area is 127 Å². The van der Waals surface area contributed by atoms with E-state index >= 15 is 0 Å². The number of benzene rings is 1. The number of carboxylic acids is 1. The van der Waals surface area contributed by atoms with E-state index in [1.807, 2.05) is 12.1 Å². The molecule has 1 aromatic rings. The fourth-order valence-electron chi connectivity index (χ4n) is 2.53. The molecule has 0 spiro atoms. The fraction of sp³-hybridized carbons (Fsp3) is 0.533. The second-order valence-corrected chi connectivity index (χ2v) is 6.06. The largest absolute Gasteiger partial charge is 0.478 e. The average molecular weight is 342 g/mol. The molecule has 110 valence electrons. The standard InChI is InChI=1S/C15H20BrNO3/c1-10(11-6-7-11)17(8-9-20-2)13-5-3-4-12(16)14(13)15(18)19/h3-5,10-11H,6-9H2,1-2H3,(H,18,19). The molecule has 1 saturated carbocycles. The van der Waals surface area contributed by atoms with Crippen LogP contribution in [-0.2, 0) is 4.74 Å². The Morgan fingerprint density at radius 3 is 2.80 bits per heavy atom. The number of hydrogen-bond acceptors (Lipinski definition) is 3. The summed E-state index contributed by atoms with van der Waals surface area (Å²) in [6, 6.07) is 5.86. The highest BCUT2D eigenvalue weighted by Gasteiger charge is 2.33. The second-order valence-electron chi connectivity index (χ2n) is 5.20. The number of anilines is 1. The van der Waals surface area contributed by atoms with Gasteiger partial charge in [-0.05, 0) is 53.7 Å². The molecule has 1 aliphatic carbocycles. The molecule has 0 bridgehead atoms. The number of nitrogens with zero attached hydrogens (tertiary/aromatic N) is 1. The van der Waals surface area contributed by atoms with E-state index in [0.29, 0.717) is 35.1 Å². The van der Waals surface area contributed by atoms with Crippen molar-refractivity contribution in [1.29, 1.82) is 0 Å². The third-order valence-electron chi connectivity index (χ3n) is 3.85. The maximum Gasteiger partial charge on any atom is 0.338 e. The third kappa shape index (κ3) is 3.33. The van der Waals surface area contributed by atoms with Crippen LogP contribution in [0.15, 0.2) is 22.7 Å². The number of carboxylic acid groups (broad SMARTS) is 1. The van der Waals surface area contributed by atoms with Crippen LogP contribution in [0, 0.1) is 5.92 Å². The quantitative estimate of drug-likeness (QED) is 0.825. The summed E-state index contributed by atoms with van der Waals surface area (Å²) < 4.78 is 5.79. The average Bonchev–Trinajstić information content (AvgIpc) is 3.22. The van der Waals surface area contributed by atoms with Gasteiger partial charge in [0.2, 0.25) is 0 Å². The predicted molar refractivity (Wildman–Crippen MR) is 82.5 cm³/mol. The van der Waals surface area contributed by atoms with Gasteiger partial charge in [0.05, 0.1) is 17.9 Å². The highest BCUT2D eigenvalue weighted by atomic mass is 79.9. The Balaban J connectivity index is 2.36. The molecule has 0 heterocycles. The van der Waals surface area contributed by atoms with Crippen molar-refractivity contribution in [3.8, 4) is 0 Å². The molecule has 0 aromatic heterocycles. The minimum absolute atomic E-state index is 0.330. The van der Waals surface area contributed by atoms with Crippen LogP contribution in [-0.4, -0.2) is 37.4 Å². The van der Waals surface area contributed by atoms with Crippen LogP contribution in [0.4, 0.5) is 5.69 Å². The number of aromatic carboxylic acids is 1. The van der Waals surface area contributed by atoms with Gasteiger partial charge in [-0.1, -0.05) is 6.07 Å². The summed E-state index contributed by atoms with van der Waals surface area (Å²) in [6.07, 6.45) is 2.45. The first-order chi connectivity index (χ1) is 9.56. The van der Waals surface area contributed by atoms with Gasteiger partial charge in [-0.2, -0.15) is 0 Å². The summed E-state index contributed by atoms with van der Waals surface area (Å²) in [5.74, 6) is -0.245. The van der Waals surface area contributed by atoms with Crippen LogP contribution in [0.3, 0.4) is 0 Å². The molecule has 1 N–H and O–H groups in total. The monoisotopic (exact) mass is 341 g/mol. The molecule has 1 aliphatic rings. The van der Waals surface area contributed by atoms with Crippen molar-refractivity contribution in [3.05, 3.63) is 28.2 Å². The molecule has 0 amide bonds. The van der Waals surface area contributed by atoms with Gasteiger partial charge in [0.15, 0.2) is 0 Å².